The molecule has 1 heterocycles. The summed E-state index contributed by atoms with van der Waals surface area (Å²) >= 11 is 15.9. The number of nitrogens with one attached hydrogen (secondary N) is 1. The van der Waals surface area contributed by atoms with Gasteiger partial charge in [0, 0.05) is 20.6 Å². The summed E-state index contributed by atoms with van der Waals surface area (Å²) in [5.74, 6) is -0.115. The predicted molar refractivity (Wildman–Crippen MR) is 139 cm³/mol. The Balaban J connectivity index is 1.40. The summed E-state index contributed by atoms with van der Waals surface area (Å²) in [6.07, 6.45) is 1.73. The monoisotopic (exact) mass is 558 g/mol. The van der Waals surface area contributed by atoms with Gasteiger partial charge in [-0.2, -0.15) is 5.01 Å². The third-order valence-corrected chi connectivity index (χ3v) is 6.84. The Morgan fingerprint density at radius 3 is 2.48 bits per heavy atom. The van der Waals surface area contributed by atoms with Crippen LogP contribution < -0.4 is 10.2 Å². The van der Waals surface area contributed by atoms with Crippen molar-refractivity contribution in [2.24, 2.45) is 0 Å². The SMILES string of the molecule is O=C(NN1C(=O)/C(=C/c2ccc(OCc3ccccc3Cl)cc2)SC1=S)c1ccc(Br)cc1. The number of hydrogen-bond donors (Lipinski definition) is 1. The Labute approximate surface area is 213 Å². The number of thiocarbonyl (C=S) groups is 1. The topological polar surface area (TPSA) is 58.6 Å². The first kappa shape index (κ1) is 23.5. The molecule has 166 valence electrons. The van der Waals surface area contributed by atoms with Gasteiger partial charge in [0.05, 0.1) is 4.91 Å². The molecule has 0 saturated carbocycles. The van der Waals surface area contributed by atoms with E-state index in [9.17, 15) is 9.59 Å². The Bertz CT molecular complexity index is 1250. The number of ether oxygens (including phenoxy) is 1. The van der Waals surface area contributed by atoms with E-state index >= 15 is 0 Å². The van der Waals surface area contributed by atoms with E-state index in [0.29, 0.717) is 27.8 Å². The van der Waals surface area contributed by atoms with E-state index in [1.165, 1.54) is 0 Å². The first-order valence-corrected chi connectivity index (χ1v) is 12.1. The minimum atomic E-state index is -0.417. The number of thioether (sulfide) groups is 1. The molecule has 0 aliphatic carbocycles. The van der Waals surface area contributed by atoms with Crippen LogP contribution in [0, 0.1) is 0 Å². The van der Waals surface area contributed by atoms with Crippen LogP contribution in [0.4, 0.5) is 0 Å². The lowest BCUT2D eigenvalue weighted by atomic mass is 10.2. The van der Waals surface area contributed by atoms with Crippen molar-refractivity contribution in [1.29, 1.82) is 0 Å². The second kappa shape index (κ2) is 10.5. The molecule has 1 aliphatic rings. The molecule has 1 saturated heterocycles. The molecule has 1 N–H and O–H groups in total. The van der Waals surface area contributed by atoms with Crippen LogP contribution in [0.25, 0.3) is 6.08 Å². The zero-order chi connectivity index (χ0) is 23.4. The largest absolute Gasteiger partial charge is 0.489 e. The molecule has 0 radical (unpaired) electrons. The summed E-state index contributed by atoms with van der Waals surface area (Å²) in [5, 5.41) is 1.75. The molecular weight excluding hydrogens is 544 g/mol. The van der Waals surface area contributed by atoms with Crippen LogP contribution in [-0.4, -0.2) is 21.1 Å². The molecule has 3 aromatic carbocycles. The summed E-state index contributed by atoms with van der Waals surface area (Å²) in [5.41, 5.74) is 4.70. The highest BCUT2D eigenvalue weighted by Crippen LogP contribution is 2.32. The maximum Gasteiger partial charge on any atom is 0.285 e. The van der Waals surface area contributed by atoms with Crippen molar-refractivity contribution in [2.75, 3.05) is 0 Å². The van der Waals surface area contributed by atoms with Crippen LogP contribution in [0.1, 0.15) is 21.5 Å². The van der Waals surface area contributed by atoms with Crippen molar-refractivity contribution < 1.29 is 14.3 Å². The van der Waals surface area contributed by atoms with Crippen LogP contribution in [-0.2, 0) is 11.4 Å². The number of benzene rings is 3. The normalized spacial score (nSPS) is 14.6. The number of carbonyl (C=O) groups excluding carboxylic acids is 2. The van der Waals surface area contributed by atoms with Gasteiger partial charge in [-0.15, -0.1) is 0 Å². The van der Waals surface area contributed by atoms with Crippen molar-refractivity contribution in [2.45, 2.75) is 6.61 Å². The van der Waals surface area contributed by atoms with E-state index in [0.717, 1.165) is 32.4 Å². The van der Waals surface area contributed by atoms with E-state index < -0.39 is 5.91 Å². The van der Waals surface area contributed by atoms with Gasteiger partial charge in [-0.1, -0.05) is 69.6 Å². The fourth-order valence-corrected chi connectivity index (χ4v) is 4.55. The van der Waals surface area contributed by atoms with Crippen LogP contribution in [0.5, 0.6) is 5.75 Å². The number of rotatable bonds is 6. The molecule has 0 aromatic heterocycles. The quantitative estimate of drug-likeness (QED) is 0.287. The van der Waals surface area contributed by atoms with E-state index in [1.807, 2.05) is 48.5 Å². The predicted octanol–water partition coefficient (Wildman–Crippen LogP) is 6.23. The molecule has 3 aromatic rings. The molecule has 5 nitrogen and oxygen atoms in total. The van der Waals surface area contributed by atoms with Gasteiger partial charge in [0.25, 0.3) is 11.8 Å². The summed E-state index contributed by atoms with van der Waals surface area (Å²) < 4.78 is 6.90. The van der Waals surface area contributed by atoms with Gasteiger partial charge in [0.15, 0.2) is 4.32 Å². The highest BCUT2D eigenvalue weighted by atomic mass is 79.9. The van der Waals surface area contributed by atoms with E-state index in [2.05, 4.69) is 21.4 Å². The molecule has 1 fully saturated rings. The van der Waals surface area contributed by atoms with Crippen molar-refractivity contribution in [3.05, 3.63) is 104 Å². The van der Waals surface area contributed by atoms with Gasteiger partial charge >= 0.3 is 0 Å². The van der Waals surface area contributed by atoms with Crippen molar-refractivity contribution in [3.8, 4) is 5.75 Å². The molecule has 2 amide bonds. The first-order valence-electron chi connectivity index (χ1n) is 9.71. The first-order chi connectivity index (χ1) is 15.9. The van der Waals surface area contributed by atoms with E-state index in [4.69, 9.17) is 28.6 Å². The second-order valence-electron chi connectivity index (χ2n) is 6.91. The average molecular weight is 560 g/mol. The standard InChI is InChI=1S/C24H16BrClN2O3S2/c25-18-9-7-16(8-10-18)22(29)27-28-23(30)21(33-24(28)32)13-15-5-11-19(12-6-15)31-14-17-3-1-2-4-20(17)26/h1-13H,14H2,(H,27,29)/b21-13-. The highest BCUT2D eigenvalue weighted by molar-refractivity contribution is 9.10. The molecule has 0 unspecified atom stereocenters. The zero-order valence-electron chi connectivity index (χ0n) is 17.0. The molecule has 4 rings (SSSR count). The lowest BCUT2D eigenvalue weighted by Crippen LogP contribution is -2.44. The number of carbonyl (C=O) groups is 2. The summed E-state index contributed by atoms with van der Waals surface area (Å²) in [4.78, 5) is 25.7. The Kier molecular flexibility index (Phi) is 7.49. The smallest absolute Gasteiger partial charge is 0.285 e. The number of hydrazine groups is 1. The summed E-state index contributed by atoms with van der Waals surface area (Å²) in [6, 6.07) is 21.6. The molecule has 9 heteroatoms. The summed E-state index contributed by atoms with van der Waals surface area (Å²) in [6.45, 7) is 0.357. The van der Waals surface area contributed by atoms with E-state index in [-0.39, 0.29) is 10.2 Å². The van der Waals surface area contributed by atoms with Crippen molar-refractivity contribution >= 4 is 73.7 Å². The van der Waals surface area contributed by atoms with Gasteiger partial charge in [-0.05, 0) is 66.3 Å². The van der Waals surface area contributed by atoms with Gasteiger partial charge in [-0.25, -0.2) is 0 Å². The molecule has 0 bridgehead atoms. The van der Waals surface area contributed by atoms with Gasteiger partial charge in [0.2, 0.25) is 0 Å². The number of amides is 2. The average Bonchev–Trinajstić information content (AvgIpc) is 3.07. The van der Waals surface area contributed by atoms with Crippen molar-refractivity contribution in [3.63, 3.8) is 0 Å². The van der Waals surface area contributed by atoms with Gasteiger partial charge in [-0.3, -0.25) is 15.0 Å². The molecule has 1 aliphatic heterocycles. The van der Waals surface area contributed by atoms with Crippen LogP contribution in [0.15, 0.2) is 82.2 Å². The fourth-order valence-electron chi connectivity index (χ4n) is 2.92. The van der Waals surface area contributed by atoms with Gasteiger partial charge < -0.3 is 4.74 Å². The Morgan fingerprint density at radius 1 is 1.09 bits per heavy atom. The third-order valence-electron chi connectivity index (χ3n) is 4.64. The minimum absolute atomic E-state index is 0.261. The van der Waals surface area contributed by atoms with Crippen LogP contribution in [0.2, 0.25) is 5.02 Å². The molecule has 33 heavy (non-hydrogen) atoms. The Hall–Kier alpha value is -2.65. The third kappa shape index (κ3) is 5.83. The lowest BCUT2D eigenvalue weighted by Gasteiger charge is -2.15. The molecular formula is C24H16BrClN2O3S2. The zero-order valence-corrected chi connectivity index (χ0v) is 20.9. The number of halogens is 2. The number of nitrogens with zero attached hydrogens (tertiary/aromatic N) is 1. The fraction of sp³-hybridized carbons (Fsp3) is 0.0417. The molecule has 0 atom stereocenters. The maximum absolute atomic E-state index is 12.8. The van der Waals surface area contributed by atoms with Crippen LogP contribution in [0.3, 0.4) is 0 Å². The summed E-state index contributed by atoms with van der Waals surface area (Å²) in [7, 11) is 0. The highest BCUT2D eigenvalue weighted by Gasteiger charge is 2.33. The second-order valence-corrected chi connectivity index (χ2v) is 9.91. The minimum Gasteiger partial charge on any atom is -0.489 e. The Morgan fingerprint density at radius 2 is 1.79 bits per heavy atom. The molecule has 0 spiro atoms. The van der Waals surface area contributed by atoms with Crippen molar-refractivity contribution in [1.82, 2.24) is 10.4 Å². The van der Waals surface area contributed by atoms with E-state index in [1.54, 1.807) is 30.3 Å². The maximum atomic E-state index is 12.8. The number of hydrogen-bond acceptors (Lipinski definition) is 5. The van der Waals surface area contributed by atoms with Gasteiger partial charge in [0.1, 0.15) is 12.4 Å². The van der Waals surface area contributed by atoms with Crippen LogP contribution >= 0.6 is 51.5 Å². The lowest BCUT2D eigenvalue weighted by molar-refractivity contribution is -0.123.